The fourth-order valence-electron chi connectivity index (χ4n) is 5.44. The van der Waals surface area contributed by atoms with Gasteiger partial charge in [-0.25, -0.2) is 0 Å². The number of anilines is 3. The highest BCUT2D eigenvalue weighted by Crippen LogP contribution is 2.36. The zero-order chi connectivity index (χ0) is 27.6. The molecular formula is C38H30N2. The molecule has 0 saturated heterocycles. The Morgan fingerprint density at radius 2 is 1.07 bits per heavy atom. The fraction of sp³-hybridized carbons (Fsp3) is 0.0789. The van der Waals surface area contributed by atoms with Gasteiger partial charge in [0.25, 0.3) is 0 Å². The molecule has 0 unspecified atom stereocenters. The first-order valence-electron chi connectivity index (χ1n) is 13.6. The van der Waals surface area contributed by atoms with Crippen LogP contribution in [0.2, 0.25) is 0 Å². The van der Waals surface area contributed by atoms with Crippen molar-refractivity contribution in [3.63, 3.8) is 0 Å². The Bertz CT molecular complexity index is 1910. The second kappa shape index (κ2) is 10.6. The van der Waals surface area contributed by atoms with E-state index in [0.29, 0.717) is 0 Å². The summed E-state index contributed by atoms with van der Waals surface area (Å²) in [7, 11) is 0. The van der Waals surface area contributed by atoms with Crippen LogP contribution in [0.1, 0.15) is 33.4 Å². The normalized spacial score (nSPS) is 11.2. The molecule has 0 atom stereocenters. The highest BCUT2D eigenvalue weighted by Gasteiger charge is 2.13. The van der Waals surface area contributed by atoms with Crippen LogP contribution >= 0.6 is 0 Å². The molecule has 0 aliphatic heterocycles. The summed E-state index contributed by atoms with van der Waals surface area (Å²) in [5.74, 6) is 0. The van der Waals surface area contributed by atoms with Crippen LogP contribution in [0.4, 0.5) is 17.1 Å². The van der Waals surface area contributed by atoms with Gasteiger partial charge in [0, 0.05) is 22.4 Å². The van der Waals surface area contributed by atoms with Crippen LogP contribution in [0.15, 0.2) is 115 Å². The molecule has 0 saturated carbocycles. The summed E-state index contributed by atoms with van der Waals surface area (Å²) in [6.07, 6.45) is 4.30. The van der Waals surface area contributed by atoms with Crippen LogP contribution in [0, 0.1) is 32.1 Å². The predicted molar refractivity (Wildman–Crippen MR) is 170 cm³/mol. The zero-order valence-electron chi connectivity index (χ0n) is 23.0. The van der Waals surface area contributed by atoms with Crippen molar-refractivity contribution < 1.29 is 0 Å². The SMILES string of the molecule is Cc1ccc(N(c2ccccc2)c2ccc(/C=C\c3ccc4c(C#N)c(C)c5ccc(C)cc5c4c3)cc2)cc1. The standard InChI is InChI=1S/C38H30N2/c1-26-9-17-32(18-10-26)40(31-7-5-4-6-8-31)33-19-14-29(15-20-33)12-13-30-16-22-35-37(24-30)36-23-27(2)11-21-34(36)28(3)38(35)25-39/h4-24H,1-3H3/b13-12-. The number of nitrogens with zero attached hydrogens (tertiary/aromatic N) is 2. The van der Waals surface area contributed by atoms with Crippen molar-refractivity contribution in [2.45, 2.75) is 20.8 Å². The van der Waals surface area contributed by atoms with E-state index in [-0.39, 0.29) is 0 Å². The molecule has 6 aromatic rings. The fourth-order valence-corrected chi connectivity index (χ4v) is 5.44. The molecule has 6 aromatic carbocycles. The van der Waals surface area contributed by atoms with Gasteiger partial charge in [-0.3, -0.25) is 0 Å². The minimum atomic E-state index is 0.758. The lowest BCUT2D eigenvalue weighted by molar-refractivity contribution is 1.27. The van der Waals surface area contributed by atoms with E-state index in [0.717, 1.165) is 55.5 Å². The molecule has 2 nitrogen and oxygen atoms in total. The van der Waals surface area contributed by atoms with E-state index in [9.17, 15) is 5.26 Å². The number of hydrogen-bond acceptors (Lipinski definition) is 2. The average molecular weight is 515 g/mol. The zero-order valence-corrected chi connectivity index (χ0v) is 23.0. The molecule has 0 aliphatic carbocycles. The lowest BCUT2D eigenvalue weighted by atomic mass is 9.91. The van der Waals surface area contributed by atoms with Crippen molar-refractivity contribution in [3.05, 3.63) is 149 Å². The van der Waals surface area contributed by atoms with Crippen molar-refractivity contribution in [3.8, 4) is 6.07 Å². The molecule has 0 aromatic heterocycles. The minimum Gasteiger partial charge on any atom is -0.311 e. The van der Waals surface area contributed by atoms with Gasteiger partial charge in [-0.1, -0.05) is 96.1 Å². The number of para-hydroxylation sites is 1. The first-order valence-corrected chi connectivity index (χ1v) is 13.6. The highest BCUT2D eigenvalue weighted by atomic mass is 15.1. The van der Waals surface area contributed by atoms with Gasteiger partial charge >= 0.3 is 0 Å². The van der Waals surface area contributed by atoms with Crippen molar-refractivity contribution >= 4 is 50.8 Å². The predicted octanol–water partition coefficient (Wildman–Crippen LogP) is 10.4. The average Bonchev–Trinajstić information content (AvgIpc) is 2.99. The van der Waals surface area contributed by atoms with Crippen molar-refractivity contribution in [1.82, 2.24) is 0 Å². The molecular weight excluding hydrogens is 484 g/mol. The minimum absolute atomic E-state index is 0.758. The van der Waals surface area contributed by atoms with Gasteiger partial charge in [-0.15, -0.1) is 0 Å². The topological polar surface area (TPSA) is 27.0 Å². The van der Waals surface area contributed by atoms with Crippen LogP contribution in [-0.2, 0) is 0 Å². The second-order valence-corrected chi connectivity index (χ2v) is 10.4. The smallest absolute Gasteiger partial charge is 0.100 e. The number of benzene rings is 6. The summed E-state index contributed by atoms with van der Waals surface area (Å²) < 4.78 is 0. The second-order valence-electron chi connectivity index (χ2n) is 10.4. The monoisotopic (exact) mass is 514 g/mol. The molecule has 0 N–H and O–H groups in total. The first kappa shape index (κ1) is 25.2. The maximum absolute atomic E-state index is 9.90. The van der Waals surface area contributed by atoms with Gasteiger partial charge in [0.1, 0.15) is 6.07 Å². The van der Waals surface area contributed by atoms with Crippen molar-refractivity contribution in [2.24, 2.45) is 0 Å². The summed E-state index contributed by atoms with van der Waals surface area (Å²) in [4.78, 5) is 2.28. The molecule has 0 aliphatic rings. The number of aryl methyl sites for hydroxylation is 3. The molecule has 0 spiro atoms. The van der Waals surface area contributed by atoms with Gasteiger partial charge in [-0.2, -0.15) is 5.26 Å². The van der Waals surface area contributed by atoms with Crippen LogP contribution in [0.5, 0.6) is 0 Å². The lowest BCUT2D eigenvalue weighted by Crippen LogP contribution is -2.09. The molecule has 0 amide bonds. The Morgan fingerprint density at radius 3 is 1.77 bits per heavy atom. The largest absolute Gasteiger partial charge is 0.311 e. The van der Waals surface area contributed by atoms with Crippen molar-refractivity contribution in [1.29, 1.82) is 5.26 Å². The maximum atomic E-state index is 9.90. The van der Waals surface area contributed by atoms with Crippen LogP contribution in [-0.4, -0.2) is 0 Å². The Balaban J connectivity index is 1.35. The van der Waals surface area contributed by atoms with E-state index in [1.54, 1.807) is 0 Å². The van der Waals surface area contributed by atoms with Crippen LogP contribution < -0.4 is 4.90 Å². The van der Waals surface area contributed by atoms with E-state index < -0.39 is 0 Å². The number of fused-ring (bicyclic) bond motifs is 3. The summed E-state index contributed by atoms with van der Waals surface area (Å²) in [5.41, 5.74) is 9.87. The molecule has 192 valence electrons. The summed E-state index contributed by atoms with van der Waals surface area (Å²) in [6.45, 7) is 6.27. The van der Waals surface area contributed by atoms with E-state index >= 15 is 0 Å². The molecule has 0 fully saturated rings. The maximum Gasteiger partial charge on any atom is 0.100 e. The first-order chi connectivity index (χ1) is 19.5. The van der Waals surface area contributed by atoms with Crippen LogP contribution in [0.25, 0.3) is 33.7 Å². The summed E-state index contributed by atoms with van der Waals surface area (Å²) in [5, 5.41) is 14.4. The Labute approximate surface area is 236 Å². The molecule has 2 heteroatoms. The number of hydrogen-bond donors (Lipinski definition) is 0. The van der Waals surface area contributed by atoms with Crippen LogP contribution in [0.3, 0.4) is 0 Å². The summed E-state index contributed by atoms with van der Waals surface area (Å²) >= 11 is 0. The van der Waals surface area contributed by atoms with Crippen molar-refractivity contribution in [2.75, 3.05) is 4.90 Å². The summed E-state index contributed by atoms with van der Waals surface area (Å²) in [6, 6.07) is 43.1. The lowest BCUT2D eigenvalue weighted by Gasteiger charge is -2.25. The third-order valence-electron chi connectivity index (χ3n) is 7.60. The quantitative estimate of drug-likeness (QED) is 0.169. The Morgan fingerprint density at radius 1 is 0.525 bits per heavy atom. The van der Waals surface area contributed by atoms with Gasteiger partial charge in [0.05, 0.1) is 5.56 Å². The number of nitriles is 1. The molecule has 0 radical (unpaired) electrons. The molecule has 40 heavy (non-hydrogen) atoms. The molecule has 0 heterocycles. The highest BCUT2D eigenvalue weighted by molar-refractivity contribution is 6.12. The van der Waals surface area contributed by atoms with E-state index in [1.165, 1.54) is 16.5 Å². The van der Waals surface area contributed by atoms with Gasteiger partial charge < -0.3 is 4.90 Å². The Kier molecular flexibility index (Phi) is 6.64. The van der Waals surface area contributed by atoms with E-state index in [1.807, 2.05) is 13.0 Å². The van der Waals surface area contributed by atoms with Gasteiger partial charge in [-0.05, 0) is 96.1 Å². The van der Waals surface area contributed by atoms with Gasteiger partial charge in [0.15, 0.2) is 0 Å². The van der Waals surface area contributed by atoms with Gasteiger partial charge in [0.2, 0.25) is 0 Å². The van der Waals surface area contributed by atoms with E-state index in [2.05, 4.69) is 146 Å². The number of rotatable bonds is 5. The third kappa shape index (κ3) is 4.75. The molecule has 6 rings (SSSR count). The van der Waals surface area contributed by atoms with E-state index in [4.69, 9.17) is 0 Å². The Hall–Kier alpha value is -5.13. The molecule has 0 bridgehead atoms. The third-order valence-corrected chi connectivity index (χ3v) is 7.60.